The average Bonchev–Trinajstić information content (AvgIpc) is 2.74. The maximum atomic E-state index is 12.3. The maximum absolute atomic E-state index is 12.3. The molecule has 1 saturated carbocycles. The number of benzene rings is 1. The Bertz CT molecular complexity index is 542. The second-order valence-corrected chi connectivity index (χ2v) is 7.57. The van der Waals surface area contributed by atoms with Crippen molar-refractivity contribution in [2.45, 2.75) is 30.2 Å². The first-order valence-electron chi connectivity index (χ1n) is 5.97. The predicted octanol–water partition coefficient (Wildman–Crippen LogP) is 3.68. The Morgan fingerprint density at radius 2 is 1.79 bits per heavy atom. The number of hydrogen-bond donors (Lipinski definition) is 1. The molecule has 0 aromatic heterocycles. The minimum Gasteiger partial charge on any atom is -0.208 e. The van der Waals surface area contributed by atoms with Crippen molar-refractivity contribution in [3.63, 3.8) is 0 Å². The van der Waals surface area contributed by atoms with Crippen LogP contribution in [0, 0.1) is 5.92 Å². The topological polar surface area (TPSA) is 46.2 Å². The van der Waals surface area contributed by atoms with E-state index in [0.717, 1.165) is 19.3 Å². The Hall–Kier alpha value is -0.000000000000000139. The molecule has 2 atom stereocenters. The zero-order chi connectivity index (χ0) is 14.0. The van der Waals surface area contributed by atoms with Gasteiger partial charge >= 0.3 is 0 Å². The minimum atomic E-state index is -3.61. The molecule has 3 nitrogen and oxygen atoms in total. The molecule has 0 saturated heterocycles. The number of alkyl halides is 1. The molecular weight excluding hydrogens is 329 g/mol. The minimum absolute atomic E-state index is 0.0882. The number of rotatable bonds is 4. The Morgan fingerprint density at radius 1 is 1.16 bits per heavy atom. The van der Waals surface area contributed by atoms with Crippen LogP contribution in [-0.2, 0) is 10.0 Å². The van der Waals surface area contributed by atoms with E-state index in [1.54, 1.807) is 0 Å². The molecule has 0 heterocycles. The Balaban J connectivity index is 2.22. The summed E-state index contributed by atoms with van der Waals surface area (Å²) in [6.07, 6.45) is 2.75. The van der Waals surface area contributed by atoms with E-state index in [9.17, 15) is 8.42 Å². The van der Waals surface area contributed by atoms with Gasteiger partial charge in [-0.1, -0.05) is 29.6 Å². The Kier molecular flexibility index (Phi) is 5.01. The van der Waals surface area contributed by atoms with E-state index in [2.05, 4.69) is 4.72 Å². The standard InChI is InChI=1S/C12H14Cl3NO2S/c13-7-8-2-1-3-12(8)16-19(17,18)11-5-9(14)4-10(15)6-11/h4-6,8,12,16H,1-3,7H2. The molecule has 0 spiro atoms. The molecule has 106 valence electrons. The predicted molar refractivity (Wildman–Crippen MR) is 78.6 cm³/mol. The van der Waals surface area contributed by atoms with Crippen molar-refractivity contribution in [1.82, 2.24) is 4.72 Å². The van der Waals surface area contributed by atoms with Crippen molar-refractivity contribution in [2.75, 3.05) is 5.88 Å². The van der Waals surface area contributed by atoms with Crippen LogP contribution < -0.4 is 4.72 Å². The summed E-state index contributed by atoms with van der Waals surface area (Å²) in [6, 6.07) is 4.17. The van der Waals surface area contributed by atoms with Crippen LogP contribution in [0.15, 0.2) is 23.1 Å². The first-order valence-corrected chi connectivity index (χ1v) is 8.74. The van der Waals surface area contributed by atoms with E-state index < -0.39 is 10.0 Å². The van der Waals surface area contributed by atoms with Crippen LogP contribution in [0.2, 0.25) is 10.0 Å². The van der Waals surface area contributed by atoms with E-state index in [0.29, 0.717) is 15.9 Å². The number of sulfonamides is 1. The van der Waals surface area contributed by atoms with Crippen molar-refractivity contribution >= 4 is 44.8 Å². The lowest BCUT2D eigenvalue weighted by Crippen LogP contribution is -2.37. The lowest BCUT2D eigenvalue weighted by Gasteiger charge is -2.19. The summed E-state index contributed by atoms with van der Waals surface area (Å²) in [4.78, 5) is 0.0882. The quantitative estimate of drug-likeness (QED) is 0.848. The van der Waals surface area contributed by atoms with Crippen molar-refractivity contribution in [2.24, 2.45) is 5.92 Å². The molecule has 0 amide bonds. The third-order valence-corrected chi connectivity index (χ3v) is 5.61. The van der Waals surface area contributed by atoms with Crippen LogP contribution in [0.4, 0.5) is 0 Å². The lowest BCUT2D eigenvalue weighted by atomic mass is 10.1. The molecule has 19 heavy (non-hydrogen) atoms. The van der Waals surface area contributed by atoms with Crippen molar-refractivity contribution < 1.29 is 8.42 Å². The molecule has 1 aliphatic carbocycles. The smallest absolute Gasteiger partial charge is 0.208 e. The highest BCUT2D eigenvalue weighted by molar-refractivity contribution is 7.89. The summed E-state index contributed by atoms with van der Waals surface area (Å²) in [7, 11) is -3.61. The molecule has 2 rings (SSSR count). The van der Waals surface area contributed by atoms with Crippen molar-refractivity contribution in [3.8, 4) is 0 Å². The third-order valence-electron chi connectivity index (χ3n) is 3.31. The van der Waals surface area contributed by atoms with Crippen LogP contribution >= 0.6 is 34.8 Å². The highest BCUT2D eigenvalue weighted by atomic mass is 35.5. The molecule has 1 aliphatic rings. The van der Waals surface area contributed by atoms with Crippen LogP contribution in [-0.4, -0.2) is 20.3 Å². The van der Waals surface area contributed by atoms with E-state index in [4.69, 9.17) is 34.8 Å². The molecule has 1 aromatic carbocycles. The SMILES string of the molecule is O=S(=O)(NC1CCCC1CCl)c1cc(Cl)cc(Cl)c1. The van der Waals surface area contributed by atoms with E-state index in [-0.39, 0.29) is 16.9 Å². The normalized spacial score (nSPS) is 23.7. The van der Waals surface area contributed by atoms with Gasteiger partial charge in [-0.05, 0) is 37.0 Å². The van der Waals surface area contributed by atoms with Crippen LogP contribution in [0.1, 0.15) is 19.3 Å². The molecule has 0 aliphatic heterocycles. The van der Waals surface area contributed by atoms with E-state index in [1.807, 2.05) is 0 Å². The highest BCUT2D eigenvalue weighted by Gasteiger charge is 2.30. The summed E-state index contributed by atoms with van der Waals surface area (Å²) in [5, 5.41) is 0.599. The fourth-order valence-corrected chi connectivity index (χ4v) is 4.76. The Labute approximate surface area is 128 Å². The van der Waals surface area contributed by atoms with Gasteiger partial charge in [0.2, 0.25) is 10.0 Å². The van der Waals surface area contributed by atoms with Gasteiger partial charge in [0, 0.05) is 22.0 Å². The fourth-order valence-electron chi connectivity index (χ4n) is 2.33. The van der Waals surface area contributed by atoms with Gasteiger partial charge in [-0.25, -0.2) is 13.1 Å². The first-order chi connectivity index (χ1) is 8.92. The van der Waals surface area contributed by atoms with Gasteiger partial charge < -0.3 is 0 Å². The van der Waals surface area contributed by atoms with Gasteiger partial charge in [0.1, 0.15) is 0 Å². The fraction of sp³-hybridized carbons (Fsp3) is 0.500. The molecule has 1 aromatic rings. The second-order valence-electron chi connectivity index (χ2n) is 4.68. The molecule has 0 bridgehead atoms. The van der Waals surface area contributed by atoms with Crippen molar-refractivity contribution in [3.05, 3.63) is 28.2 Å². The zero-order valence-electron chi connectivity index (χ0n) is 10.1. The number of halogens is 3. The van der Waals surface area contributed by atoms with Crippen LogP contribution in [0.25, 0.3) is 0 Å². The van der Waals surface area contributed by atoms with Gasteiger partial charge in [0.15, 0.2) is 0 Å². The summed E-state index contributed by atoms with van der Waals surface area (Å²) in [5.74, 6) is 0.648. The van der Waals surface area contributed by atoms with Gasteiger partial charge in [0.05, 0.1) is 4.90 Å². The lowest BCUT2D eigenvalue weighted by molar-refractivity contribution is 0.480. The molecule has 0 radical (unpaired) electrons. The molecule has 2 unspecified atom stereocenters. The van der Waals surface area contributed by atoms with Gasteiger partial charge in [-0.3, -0.25) is 0 Å². The molecule has 7 heteroatoms. The van der Waals surface area contributed by atoms with E-state index >= 15 is 0 Å². The average molecular weight is 343 g/mol. The number of nitrogens with one attached hydrogen (secondary N) is 1. The Morgan fingerprint density at radius 3 is 2.37 bits per heavy atom. The summed E-state index contributed by atoms with van der Waals surface area (Å²) in [5.41, 5.74) is 0. The third kappa shape index (κ3) is 3.76. The van der Waals surface area contributed by atoms with Crippen molar-refractivity contribution in [1.29, 1.82) is 0 Å². The largest absolute Gasteiger partial charge is 0.240 e. The molecule has 1 N–H and O–H groups in total. The first kappa shape index (κ1) is 15.4. The second kappa shape index (κ2) is 6.19. The van der Waals surface area contributed by atoms with E-state index in [1.165, 1.54) is 18.2 Å². The van der Waals surface area contributed by atoms with Gasteiger partial charge in [-0.2, -0.15) is 0 Å². The van der Waals surface area contributed by atoms with Gasteiger partial charge in [0.25, 0.3) is 0 Å². The van der Waals surface area contributed by atoms with Crippen LogP contribution in [0.3, 0.4) is 0 Å². The summed E-state index contributed by atoms with van der Waals surface area (Å²) >= 11 is 17.5. The molecule has 1 fully saturated rings. The maximum Gasteiger partial charge on any atom is 0.240 e. The van der Waals surface area contributed by atoms with Crippen LogP contribution in [0.5, 0.6) is 0 Å². The summed E-state index contributed by atoms with van der Waals surface area (Å²) in [6.45, 7) is 0. The van der Waals surface area contributed by atoms with Gasteiger partial charge in [-0.15, -0.1) is 11.6 Å². The monoisotopic (exact) mass is 341 g/mol. The number of hydrogen-bond acceptors (Lipinski definition) is 2. The molecular formula is C12H14Cl3NO2S. The zero-order valence-corrected chi connectivity index (χ0v) is 13.2. The highest BCUT2D eigenvalue weighted by Crippen LogP contribution is 2.29. The summed E-state index contributed by atoms with van der Waals surface area (Å²) < 4.78 is 27.3.